The Kier molecular flexibility index (Phi) is 7.09. The monoisotopic (exact) mass is 493 g/mol. The van der Waals surface area contributed by atoms with Crippen molar-refractivity contribution < 1.29 is 23.5 Å². The molecular weight excluding hydrogens is 468 g/mol. The summed E-state index contributed by atoms with van der Waals surface area (Å²) in [5, 5.41) is 14.2. The number of carbonyl (C=O) groups excluding carboxylic acids is 2. The number of nitrogens with zero attached hydrogens (tertiary/aromatic N) is 2. The summed E-state index contributed by atoms with van der Waals surface area (Å²) in [6.07, 6.45) is -0.489. The van der Waals surface area contributed by atoms with Gasteiger partial charge in [-0.2, -0.15) is 0 Å². The number of aromatic nitrogens is 2. The van der Waals surface area contributed by atoms with Gasteiger partial charge in [-0.1, -0.05) is 26.0 Å². The van der Waals surface area contributed by atoms with Gasteiger partial charge in [-0.25, -0.2) is 24.6 Å². The second kappa shape index (κ2) is 10.2. The number of anilines is 1. The Hall–Kier alpha value is -4.15. The number of imidazole rings is 1. The molecule has 0 saturated heterocycles. The van der Waals surface area contributed by atoms with Gasteiger partial charge in [0.25, 0.3) is 11.8 Å². The average molecular weight is 494 g/mol. The van der Waals surface area contributed by atoms with Crippen LogP contribution in [0.1, 0.15) is 47.3 Å². The molecule has 2 unspecified atom stereocenters. The number of nitrogens with two attached hydrogens (primary N) is 1. The van der Waals surface area contributed by atoms with Gasteiger partial charge in [0.2, 0.25) is 0 Å². The molecule has 10 heteroatoms. The zero-order valence-corrected chi connectivity index (χ0v) is 19.6. The van der Waals surface area contributed by atoms with Crippen LogP contribution in [-0.4, -0.2) is 33.0 Å². The lowest BCUT2D eigenvalue weighted by atomic mass is 9.98. The summed E-state index contributed by atoms with van der Waals surface area (Å²) in [6, 6.07) is 12.5. The Labute approximate surface area is 205 Å². The predicted octanol–water partition coefficient (Wildman–Crippen LogP) is 3.70. The van der Waals surface area contributed by atoms with Crippen LogP contribution >= 0.6 is 0 Å². The number of H-pyrrole nitrogens is 1. The Balaban J connectivity index is 1.64. The summed E-state index contributed by atoms with van der Waals surface area (Å²) in [7, 11) is 0. The molecule has 4 aromatic rings. The van der Waals surface area contributed by atoms with Crippen LogP contribution in [0, 0.1) is 11.6 Å². The fourth-order valence-electron chi connectivity index (χ4n) is 3.83. The highest BCUT2D eigenvalue weighted by Gasteiger charge is 2.33. The first kappa shape index (κ1) is 25.0. The van der Waals surface area contributed by atoms with Crippen molar-refractivity contribution in [1.29, 1.82) is 0 Å². The topological polar surface area (TPSA) is 124 Å². The van der Waals surface area contributed by atoms with Crippen LogP contribution < -0.4 is 16.2 Å². The number of aliphatic hydroxyl groups is 1. The lowest BCUT2D eigenvalue weighted by molar-refractivity contribution is -0.128. The maximum absolute atomic E-state index is 14.0. The molecule has 3 aromatic carbocycles. The number of amides is 2. The van der Waals surface area contributed by atoms with Gasteiger partial charge in [-0.05, 0) is 59.5 Å². The van der Waals surface area contributed by atoms with Crippen LogP contribution in [0.4, 0.5) is 14.5 Å². The summed E-state index contributed by atoms with van der Waals surface area (Å²) in [6.45, 7) is 4.02. The van der Waals surface area contributed by atoms with Crippen molar-refractivity contribution in [3.63, 3.8) is 0 Å². The molecule has 0 aliphatic carbocycles. The maximum Gasteiger partial charge on any atom is 0.272 e. The van der Waals surface area contributed by atoms with Crippen molar-refractivity contribution in [2.24, 2.45) is 5.84 Å². The minimum absolute atomic E-state index is 0.141. The highest BCUT2D eigenvalue weighted by molar-refractivity contribution is 5.99. The smallest absolute Gasteiger partial charge is 0.272 e. The van der Waals surface area contributed by atoms with E-state index in [1.54, 1.807) is 36.4 Å². The van der Waals surface area contributed by atoms with Gasteiger partial charge in [0.1, 0.15) is 11.6 Å². The van der Waals surface area contributed by atoms with E-state index in [1.165, 1.54) is 12.4 Å². The first-order valence-electron chi connectivity index (χ1n) is 11.2. The van der Waals surface area contributed by atoms with E-state index in [1.807, 2.05) is 13.8 Å². The second-order valence-corrected chi connectivity index (χ2v) is 8.69. The van der Waals surface area contributed by atoms with E-state index >= 15 is 0 Å². The Morgan fingerprint density at radius 1 is 1.00 bits per heavy atom. The molecule has 0 aliphatic heterocycles. The number of carbonyl (C=O) groups is 2. The minimum atomic E-state index is -1.97. The third-order valence-corrected chi connectivity index (χ3v) is 5.86. The van der Waals surface area contributed by atoms with Gasteiger partial charge < -0.3 is 15.4 Å². The number of hydrogen-bond acceptors (Lipinski definition) is 5. The number of benzene rings is 3. The molecule has 0 saturated carbocycles. The molecule has 186 valence electrons. The average Bonchev–Trinajstić information content (AvgIpc) is 3.33. The number of aliphatic hydroxyl groups excluding tert-OH is 1. The van der Waals surface area contributed by atoms with Crippen LogP contribution in [-0.2, 0) is 4.79 Å². The Bertz CT molecular complexity index is 1380. The number of fused-ring (bicyclic) bond motifs is 1. The predicted molar refractivity (Wildman–Crippen MR) is 131 cm³/mol. The number of nitrogens with one attached hydrogen (secondary N) is 2. The van der Waals surface area contributed by atoms with E-state index in [2.05, 4.69) is 15.3 Å². The van der Waals surface area contributed by atoms with Gasteiger partial charge in [-0.15, -0.1) is 0 Å². The zero-order chi connectivity index (χ0) is 26.0. The van der Waals surface area contributed by atoms with E-state index in [-0.39, 0.29) is 22.7 Å². The van der Waals surface area contributed by atoms with E-state index in [9.17, 15) is 23.5 Å². The first-order valence-corrected chi connectivity index (χ1v) is 11.2. The van der Waals surface area contributed by atoms with Crippen molar-refractivity contribution in [3.8, 4) is 0 Å². The third kappa shape index (κ3) is 5.24. The molecule has 0 bridgehead atoms. The van der Waals surface area contributed by atoms with Crippen LogP contribution in [0.3, 0.4) is 0 Å². The van der Waals surface area contributed by atoms with Gasteiger partial charge in [-0.3, -0.25) is 9.59 Å². The fourth-order valence-corrected chi connectivity index (χ4v) is 3.83. The molecule has 2 amide bonds. The standard InChI is InChI=1S/C26H25F2N5O3/c1-14(2)15-3-5-16(6-4-15)25(35)32-23(17-9-18(27)11-19(28)10-17)24(34)26(36)33(29)20-7-8-21-22(12-20)31-13-30-21/h3-14,23-24,34H,29H2,1-2H3,(H,30,31)(H,32,35). The summed E-state index contributed by atoms with van der Waals surface area (Å²) >= 11 is 0. The van der Waals surface area contributed by atoms with E-state index in [4.69, 9.17) is 5.84 Å². The van der Waals surface area contributed by atoms with Gasteiger partial charge in [0.05, 0.1) is 29.1 Å². The van der Waals surface area contributed by atoms with Crippen LogP contribution in [0.2, 0.25) is 0 Å². The molecule has 8 nitrogen and oxygen atoms in total. The molecule has 0 spiro atoms. The summed E-state index contributed by atoms with van der Waals surface area (Å²) in [4.78, 5) is 33.1. The van der Waals surface area contributed by atoms with Crippen molar-refractivity contribution in [3.05, 3.63) is 95.3 Å². The van der Waals surface area contributed by atoms with Gasteiger partial charge in [0, 0.05) is 11.6 Å². The molecule has 1 heterocycles. The number of aromatic amines is 1. The zero-order valence-electron chi connectivity index (χ0n) is 19.6. The first-order chi connectivity index (χ1) is 17.1. The quantitative estimate of drug-likeness (QED) is 0.178. The third-order valence-electron chi connectivity index (χ3n) is 5.86. The van der Waals surface area contributed by atoms with E-state index in [0.717, 1.165) is 17.7 Å². The van der Waals surface area contributed by atoms with Crippen molar-refractivity contribution in [1.82, 2.24) is 15.3 Å². The lowest BCUT2D eigenvalue weighted by Crippen LogP contribution is -2.50. The SMILES string of the molecule is CC(C)c1ccc(C(=O)NC(c2cc(F)cc(F)c2)C(O)C(=O)N(N)c2ccc3nc[nH]c3c2)cc1. The molecule has 1 aromatic heterocycles. The second-order valence-electron chi connectivity index (χ2n) is 8.69. The van der Waals surface area contributed by atoms with Gasteiger partial charge >= 0.3 is 0 Å². The van der Waals surface area contributed by atoms with Crippen molar-refractivity contribution in [2.45, 2.75) is 31.9 Å². The molecule has 5 N–H and O–H groups in total. The molecule has 2 atom stereocenters. The molecule has 0 fully saturated rings. The summed E-state index contributed by atoms with van der Waals surface area (Å²) in [5.41, 5.74) is 2.60. The Morgan fingerprint density at radius 3 is 2.31 bits per heavy atom. The number of halogens is 2. The Morgan fingerprint density at radius 2 is 1.67 bits per heavy atom. The van der Waals surface area contributed by atoms with Gasteiger partial charge in [0.15, 0.2) is 6.10 Å². The normalized spacial score (nSPS) is 13.0. The van der Waals surface area contributed by atoms with E-state index in [0.29, 0.717) is 22.1 Å². The number of rotatable bonds is 7. The van der Waals surface area contributed by atoms with E-state index < -0.39 is 35.6 Å². The highest BCUT2D eigenvalue weighted by Crippen LogP contribution is 2.25. The largest absolute Gasteiger partial charge is 0.381 e. The molecular formula is C26H25F2N5O3. The van der Waals surface area contributed by atoms with Crippen molar-refractivity contribution in [2.75, 3.05) is 5.01 Å². The summed E-state index contributed by atoms with van der Waals surface area (Å²) < 4.78 is 28.0. The highest BCUT2D eigenvalue weighted by atomic mass is 19.1. The minimum Gasteiger partial charge on any atom is -0.381 e. The molecule has 4 rings (SSSR count). The fraction of sp³-hybridized carbons (Fsp3) is 0.192. The van der Waals surface area contributed by atoms with Crippen LogP contribution in [0.15, 0.2) is 67.0 Å². The molecule has 0 aliphatic rings. The lowest BCUT2D eigenvalue weighted by Gasteiger charge is -2.27. The van der Waals surface area contributed by atoms with Crippen molar-refractivity contribution >= 4 is 28.5 Å². The molecule has 36 heavy (non-hydrogen) atoms. The maximum atomic E-state index is 14.0. The summed E-state index contributed by atoms with van der Waals surface area (Å²) in [5.74, 6) is 2.73. The van der Waals surface area contributed by atoms with Crippen LogP contribution in [0.25, 0.3) is 11.0 Å². The number of hydrazine groups is 1. The number of hydrogen-bond donors (Lipinski definition) is 4. The van der Waals surface area contributed by atoms with Crippen LogP contribution in [0.5, 0.6) is 0 Å². The molecule has 0 radical (unpaired) electrons.